The van der Waals surface area contributed by atoms with Crippen molar-refractivity contribution in [1.82, 2.24) is 0 Å². The van der Waals surface area contributed by atoms with Crippen LogP contribution in [0.2, 0.25) is 0 Å². The van der Waals surface area contributed by atoms with E-state index in [1.165, 1.54) is 0 Å². The van der Waals surface area contributed by atoms with Gasteiger partial charge < -0.3 is 0 Å². The molecule has 0 fully saturated rings. The average molecular weight is 316 g/mol. The number of ketones is 2. The summed E-state index contributed by atoms with van der Waals surface area (Å²) < 4.78 is 0. The van der Waals surface area contributed by atoms with Gasteiger partial charge in [0.1, 0.15) is 0 Å². The third-order valence-corrected chi connectivity index (χ3v) is 4.79. The van der Waals surface area contributed by atoms with Crippen LogP contribution in [0.3, 0.4) is 0 Å². The van der Waals surface area contributed by atoms with E-state index < -0.39 is 0 Å². The Bertz CT molecular complexity index is 848. The highest BCUT2D eigenvalue weighted by Crippen LogP contribution is 2.39. The summed E-state index contributed by atoms with van der Waals surface area (Å²) in [6, 6.07) is 12.6. The third kappa shape index (κ3) is 2.35. The van der Waals surface area contributed by atoms with Gasteiger partial charge in [-0.1, -0.05) is 61.5 Å². The molecule has 0 heterocycles. The van der Waals surface area contributed by atoms with Crippen LogP contribution in [0, 0.1) is 0 Å². The Morgan fingerprint density at radius 1 is 0.833 bits per heavy atom. The molecule has 0 saturated heterocycles. The van der Waals surface area contributed by atoms with Crippen molar-refractivity contribution in [2.75, 3.05) is 0 Å². The van der Waals surface area contributed by atoms with Gasteiger partial charge >= 0.3 is 0 Å². The Hall–Kier alpha value is -2.74. The molecule has 0 spiro atoms. The molecular formula is C22H20O2. The second-order valence-corrected chi connectivity index (χ2v) is 6.48. The molecule has 0 saturated carbocycles. The molecule has 0 radical (unpaired) electrons. The lowest BCUT2D eigenvalue weighted by Crippen LogP contribution is -2.29. The molecule has 24 heavy (non-hydrogen) atoms. The van der Waals surface area contributed by atoms with Crippen molar-refractivity contribution in [3.05, 3.63) is 95.6 Å². The highest BCUT2D eigenvalue weighted by Gasteiger charge is 2.36. The predicted molar refractivity (Wildman–Crippen MR) is 96.7 cm³/mol. The summed E-state index contributed by atoms with van der Waals surface area (Å²) >= 11 is 0. The van der Waals surface area contributed by atoms with Crippen LogP contribution in [0.1, 0.15) is 57.2 Å². The number of carbonyl (C=O) groups excluding carboxylic acids is 2. The Labute approximate surface area is 142 Å². The van der Waals surface area contributed by atoms with Crippen LogP contribution in [0.15, 0.2) is 67.8 Å². The van der Waals surface area contributed by atoms with Crippen LogP contribution >= 0.6 is 0 Å². The molecule has 0 aliphatic heterocycles. The first kappa shape index (κ1) is 16.1. The van der Waals surface area contributed by atoms with E-state index in [4.69, 9.17) is 0 Å². The van der Waals surface area contributed by atoms with Crippen molar-refractivity contribution in [1.29, 1.82) is 0 Å². The zero-order valence-electron chi connectivity index (χ0n) is 13.8. The van der Waals surface area contributed by atoms with Gasteiger partial charge in [0.05, 0.1) is 0 Å². The van der Waals surface area contributed by atoms with Crippen molar-refractivity contribution >= 4 is 11.6 Å². The second kappa shape index (κ2) is 6.04. The fraction of sp³-hybridized carbons (Fsp3) is 0.182. The van der Waals surface area contributed by atoms with Gasteiger partial charge in [0, 0.05) is 27.7 Å². The highest BCUT2D eigenvalue weighted by atomic mass is 16.1. The van der Waals surface area contributed by atoms with Gasteiger partial charge in [-0.2, -0.15) is 0 Å². The van der Waals surface area contributed by atoms with Crippen molar-refractivity contribution in [2.24, 2.45) is 0 Å². The Balaban J connectivity index is 2.27. The van der Waals surface area contributed by atoms with E-state index in [2.05, 4.69) is 20.1 Å². The highest BCUT2D eigenvalue weighted by molar-refractivity contribution is 6.28. The van der Waals surface area contributed by atoms with E-state index in [1.807, 2.05) is 24.3 Å². The second-order valence-electron chi connectivity index (χ2n) is 6.48. The van der Waals surface area contributed by atoms with E-state index in [0.29, 0.717) is 35.1 Å². The minimum absolute atomic E-state index is 0.0739. The molecule has 1 aliphatic carbocycles. The van der Waals surface area contributed by atoms with Crippen LogP contribution in [-0.2, 0) is 5.41 Å². The number of benzene rings is 2. The molecule has 0 bridgehead atoms. The van der Waals surface area contributed by atoms with E-state index in [1.54, 1.807) is 30.3 Å². The van der Waals surface area contributed by atoms with E-state index in [0.717, 1.165) is 5.56 Å². The van der Waals surface area contributed by atoms with E-state index in [9.17, 15) is 9.59 Å². The molecule has 2 aromatic carbocycles. The fourth-order valence-electron chi connectivity index (χ4n) is 3.59. The monoisotopic (exact) mass is 316 g/mol. The summed E-state index contributed by atoms with van der Waals surface area (Å²) in [6.07, 6.45) is 5.12. The number of hydrogen-bond donors (Lipinski definition) is 0. The lowest BCUT2D eigenvalue weighted by atomic mass is 9.70. The van der Waals surface area contributed by atoms with Gasteiger partial charge in [0.15, 0.2) is 11.6 Å². The number of fused-ring (bicyclic) bond motifs is 2. The van der Waals surface area contributed by atoms with E-state index >= 15 is 0 Å². The average Bonchev–Trinajstić information content (AvgIpc) is 2.59. The quantitative estimate of drug-likeness (QED) is 0.629. The SMILES string of the molecule is C=CCC(C)(CC=C)c1cccc2c1C(=O)c1ccccc1C2=O. The first-order valence-electron chi connectivity index (χ1n) is 8.07. The molecule has 0 amide bonds. The summed E-state index contributed by atoms with van der Waals surface area (Å²) in [5, 5.41) is 0. The minimum atomic E-state index is -0.308. The summed E-state index contributed by atoms with van der Waals surface area (Å²) in [7, 11) is 0. The van der Waals surface area contributed by atoms with Crippen molar-refractivity contribution in [3.63, 3.8) is 0 Å². The molecule has 120 valence electrons. The van der Waals surface area contributed by atoms with Gasteiger partial charge in [0.25, 0.3) is 0 Å². The van der Waals surface area contributed by atoms with Gasteiger partial charge in [-0.3, -0.25) is 9.59 Å². The maximum absolute atomic E-state index is 13.1. The van der Waals surface area contributed by atoms with Gasteiger partial charge in [-0.15, -0.1) is 13.2 Å². The van der Waals surface area contributed by atoms with Crippen LogP contribution in [-0.4, -0.2) is 11.6 Å². The van der Waals surface area contributed by atoms with Crippen LogP contribution in [0.25, 0.3) is 0 Å². The van der Waals surface area contributed by atoms with Gasteiger partial charge in [0.2, 0.25) is 0 Å². The minimum Gasteiger partial charge on any atom is -0.289 e. The zero-order valence-corrected chi connectivity index (χ0v) is 13.8. The third-order valence-electron chi connectivity index (χ3n) is 4.79. The van der Waals surface area contributed by atoms with Gasteiger partial charge in [-0.05, 0) is 18.4 Å². The summed E-state index contributed by atoms with van der Waals surface area (Å²) in [6.45, 7) is 9.79. The number of hydrogen-bond acceptors (Lipinski definition) is 2. The summed E-state index contributed by atoms with van der Waals surface area (Å²) in [5.74, 6) is -0.156. The smallest absolute Gasteiger partial charge is 0.194 e. The topological polar surface area (TPSA) is 34.1 Å². The number of rotatable bonds is 5. The molecule has 0 unspecified atom stereocenters. The molecule has 0 N–H and O–H groups in total. The Morgan fingerprint density at radius 2 is 1.38 bits per heavy atom. The van der Waals surface area contributed by atoms with Crippen LogP contribution in [0.4, 0.5) is 0 Å². The van der Waals surface area contributed by atoms with Crippen molar-refractivity contribution in [3.8, 4) is 0 Å². The van der Waals surface area contributed by atoms with Crippen molar-refractivity contribution < 1.29 is 9.59 Å². The Morgan fingerprint density at radius 3 is 1.96 bits per heavy atom. The first-order chi connectivity index (χ1) is 11.5. The molecule has 2 aromatic rings. The molecule has 0 atom stereocenters. The molecule has 2 nitrogen and oxygen atoms in total. The summed E-state index contributed by atoms with van der Waals surface area (Å²) in [5.41, 5.74) is 2.59. The molecule has 3 rings (SSSR count). The Kier molecular flexibility index (Phi) is 4.06. The lowest BCUT2D eigenvalue weighted by Gasteiger charge is -2.32. The number of allylic oxidation sites excluding steroid dienone is 2. The molecule has 2 heteroatoms. The largest absolute Gasteiger partial charge is 0.289 e. The zero-order chi connectivity index (χ0) is 17.3. The lowest BCUT2D eigenvalue weighted by molar-refractivity contribution is 0.0977. The number of carbonyl (C=O) groups is 2. The maximum atomic E-state index is 13.1. The normalized spacial score (nSPS) is 13.2. The predicted octanol–water partition coefficient (Wildman–Crippen LogP) is 4.87. The van der Waals surface area contributed by atoms with Crippen LogP contribution in [0.5, 0.6) is 0 Å². The standard InChI is InChI=1S/C22H20O2/c1-4-13-22(3,14-5-2)18-12-8-11-17-19(18)21(24)16-10-7-6-9-15(16)20(17)23/h4-12H,1-2,13-14H2,3H3. The molecule has 0 aromatic heterocycles. The summed E-state index contributed by atoms with van der Waals surface area (Å²) in [4.78, 5) is 26.0. The first-order valence-corrected chi connectivity index (χ1v) is 8.07. The molecular weight excluding hydrogens is 296 g/mol. The van der Waals surface area contributed by atoms with Crippen molar-refractivity contribution in [2.45, 2.75) is 25.2 Å². The van der Waals surface area contributed by atoms with Gasteiger partial charge in [-0.25, -0.2) is 0 Å². The fourth-order valence-corrected chi connectivity index (χ4v) is 3.59. The van der Waals surface area contributed by atoms with Crippen LogP contribution < -0.4 is 0 Å². The van der Waals surface area contributed by atoms with E-state index in [-0.39, 0.29) is 17.0 Å². The maximum Gasteiger partial charge on any atom is 0.194 e. The molecule has 1 aliphatic rings.